The summed E-state index contributed by atoms with van der Waals surface area (Å²) >= 11 is 0. The second kappa shape index (κ2) is 9.82. The molecule has 8 nitrogen and oxygen atoms in total. The van der Waals surface area contributed by atoms with Crippen LogP contribution in [0.5, 0.6) is 17.2 Å². The van der Waals surface area contributed by atoms with Crippen LogP contribution in [0.15, 0.2) is 65.8 Å². The molecule has 1 aliphatic heterocycles. The van der Waals surface area contributed by atoms with Crippen molar-refractivity contribution in [2.75, 3.05) is 19.8 Å². The Bertz CT molecular complexity index is 1160. The molecule has 1 aliphatic rings. The monoisotopic (exact) mass is 433 g/mol. The minimum absolute atomic E-state index is 0.0733. The maximum absolute atomic E-state index is 12.3. The number of amides is 2. The van der Waals surface area contributed by atoms with Crippen molar-refractivity contribution in [1.29, 1.82) is 0 Å². The summed E-state index contributed by atoms with van der Waals surface area (Å²) in [5.41, 5.74) is 3.19. The van der Waals surface area contributed by atoms with Gasteiger partial charge in [-0.1, -0.05) is 42.5 Å². The van der Waals surface area contributed by atoms with Crippen LogP contribution < -0.4 is 25.0 Å². The van der Waals surface area contributed by atoms with Crippen molar-refractivity contribution in [3.8, 4) is 17.2 Å². The minimum atomic E-state index is -0.828. The molecule has 0 fully saturated rings. The number of benzene rings is 3. The van der Waals surface area contributed by atoms with Gasteiger partial charge in [0, 0.05) is 5.56 Å². The Labute approximate surface area is 185 Å². The van der Waals surface area contributed by atoms with E-state index in [1.54, 1.807) is 24.4 Å². The molecule has 2 N–H and O–H groups in total. The lowest BCUT2D eigenvalue weighted by molar-refractivity contribution is -0.132. The fraction of sp³-hybridized carbons (Fsp3) is 0.208. The van der Waals surface area contributed by atoms with Crippen LogP contribution in [0.25, 0.3) is 10.8 Å². The van der Waals surface area contributed by atoms with Crippen LogP contribution >= 0.6 is 0 Å². The van der Waals surface area contributed by atoms with E-state index in [0.29, 0.717) is 23.9 Å². The van der Waals surface area contributed by atoms with E-state index in [9.17, 15) is 9.59 Å². The standard InChI is InChI=1S/C24H23N3O5/c1-2-30-19-12-11-16-7-3-4-8-17(16)18(19)13-26-27-23(28)14-25-24(29)22-15-31-20-9-5-6-10-21(20)32-22/h3-13,22H,2,14-15H2,1H3,(H,25,29)(H,27,28)/b26-13+/t22-/m0/s1. The lowest BCUT2D eigenvalue weighted by Gasteiger charge is -2.25. The van der Waals surface area contributed by atoms with Crippen LogP contribution in [0.4, 0.5) is 0 Å². The lowest BCUT2D eigenvalue weighted by Crippen LogP contribution is -2.46. The third-order valence-electron chi connectivity index (χ3n) is 4.84. The van der Waals surface area contributed by atoms with E-state index in [2.05, 4.69) is 15.8 Å². The number of rotatable bonds is 7. The van der Waals surface area contributed by atoms with Crippen molar-refractivity contribution in [3.63, 3.8) is 0 Å². The van der Waals surface area contributed by atoms with Crippen molar-refractivity contribution in [3.05, 3.63) is 66.2 Å². The van der Waals surface area contributed by atoms with E-state index in [0.717, 1.165) is 16.3 Å². The number of fused-ring (bicyclic) bond motifs is 2. The molecule has 3 aromatic carbocycles. The number of hydrogen-bond acceptors (Lipinski definition) is 6. The lowest BCUT2D eigenvalue weighted by atomic mass is 10.0. The molecule has 1 heterocycles. The Morgan fingerprint density at radius 1 is 1.09 bits per heavy atom. The first-order valence-electron chi connectivity index (χ1n) is 10.3. The number of hydrazone groups is 1. The number of nitrogens with one attached hydrogen (secondary N) is 2. The Kier molecular flexibility index (Phi) is 6.50. The first-order chi connectivity index (χ1) is 15.7. The Balaban J connectivity index is 1.34. The molecule has 2 amide bonds. The van der Waals surface area contributed by atoms with Gasteiger partial charge in [0.1, 0.15) is 12.4 Å². The fourth-order valence-corrected chi connectivity index (χ4v) is 3.33. The van der Waals surface area contributed by atoms with Crippen LogP contribution in [0.2, 0.25) is 0 Å². The summed E-state index contributed by atoms with van der Waals surface area (Å²) in [5.74, 6) is 0.847. The summed E-state index contributed by atoms with van der Waals surface area (Å²) in [6.07, 6.45) is 0.716. The van der Waals surface area contributed by atoms with E-state index in [1.165, 1.54) is 0 Å². The van der Waals surface area contributed by atoms with Crippen molar-refractivity contribution in [2.24, 2.45) is 5.10 Å². The smallest absolute Gasteiger partial charge is 0.265 e. The number of carbonyl (C=O) groups excluding carboxylic acids is 2. The molecule has 164 valence electrons. The van der Waals surface area contributed by atoms with Crippen molar-refractivity contribution in [1.82, 2.24) is 10.7 Å². The molecule has 4 rings (SSSR count). The zero-order valence-corrected chi connectivity index (χ0v) is 17.5. The molecule has 0 aliphatic carbocycles. The van der Waals surface area contributed by atoms with Crippen LogP contribution in [0, 0.1) is 0 Å². The highest BCUT2D eigenvalue weighted by molar-refractivity contribution is 6.02. The largest absolute Gasteiger partial charge is 0.493 e. The van der Waals surface area contributed by atoms with Crippen LogP contribution in [0.3, 0.4) is 0 Å². The molecule has 1 atom stereocenters. The summed E-state index contributed by atoms with van der Waals surface area (Å²) in [6, 6.07) is 18.8. The van der Waals surface area contributed by atoms with Crippen LogP contribution in [-0.2, 0) is 9.59 Å². The SMILES string of the molecule is CCOc1ccc2ccccc2c1/C=N/NC(=O)CNC(=O)[C@@H]1COc2ccccc2O1. The van der Waals surface area contributed by atoms with E-state index in [4.69, 9.17) is 14.2 Å². The predicted octanol–water partition coefficient (Wildman–Crippen LogP) is 2.64. The molecule has 0 saturated heterocycles. The quantitative estimate of drug-likeness (QED) is 0.441. The summed E-state index contributed by atoms with van der Waals surface area (Å²) in [6.45, 7) is 2.24. The second-order valence-corrected chi connectivity index (χ2v) is 7.01. The molecular weight excluding hydrogens is 410 g/mol. The summed E-state index contributed by atoms with van der Waals surface area (Å²) < 4.78 is 16.8. The highest BCUT2D eigenvalue weighted by atomic mass is 16.6. The molecular formula is C24H23N3O5. The Morgan fingerprint density at radius 2 is 1.88 bits per heavy atom. The molecule has 0 radical (unpaired) electrons. The van der Waals surface area contributed by atoms with Crippen LogP contribution in [-0.4, -0.2) is 43.9 Å². The van der Waals surface area contributed by atoms with Gasteiger partial charge in [-0.2, -0.15) is 5.10 Å². The Morgan fingerprint density at radius 3 is 2.72 bits per heavy atom. The van der Waals surface area contributed by atoms with Gasteiger partial charge in [-0.25, -0.2) is 5.43 Å². The summed E-state index contributed by atoms with van der Waals surface area (Å²) in [4.78, 5) is 24.5. The van der Waals surface area contributed by atoms with Gasteiger partial charge in [-0.15, -0.1) is 0 Å². The Hall–Kier alpha value is -4.07. The van der Waals surface area contributed by atoms with Gasteiger partial charge < -0.3 is 19.5 Å². The van der Waals surface area contributed by atoms with E-state index >= 15 is 0 Å². The van der Waals surface area contributed by atoms with Gasteiger partial charge in [-0.3, -0.25) is 9.59 Å². The number of carbonyl (C=O) groups is 2. The average Bonchev–Trinajstić information content (AvgIpc) is 2.83. The number of para-hydroxylation sites is 2. The van der Waals surface area contributed by atoms with Gasteiger partial charge in [0.05, 0.1) is 19.4 Å². The van der Waals surface area contributed by atoms with E-state index in [1.807, 2.05) is 49.4 Å². The highest BCUT2D eigenvalue weighted by Gasteiger charge is 2.27. The maximum atomic E-state index is 12.3. The first kappa shape index (κ1) is 21.2. The van der Waals surface area contributed by atoms with Gasteiger partial charge in [0.2, 0.25) is 6.10 Å². The molecule has 32 heavy (non-hydrogen) atoms. The number of ether oxygens (including phenoxy) is 3. The zero-order valence-electron chi connectivity index (χ0n) is 17.5. The topological polar surface area (TPSA) is 98.2 Å². The molecule has 0 unspecified atom stereocenters. The van der Waals surface area contributed by atoms with Crippen molar-refractivity contribution in [2.45, 2.75) is 13.0 Å². The zero-order chi connectivity index (χ0) is 22.3. The first-order valence-corrected chi connectivity index (χ1v) is 10.3. The molecule has 0 bridgehead atoms. The molecule has 0 spiro atoms. The summed E-state index contributed by atoms with van der Waals surface area (Å²) in [5, 5.41) is 8.57. The summed E-state index contributed by atoms with van der Waals surface area (Å²) in [7, 11) is 0. The predicted molar refractivity (Wildman–Crippen MR) is 120 cm³/mol. The number of nitrogens with zero attached hydrogens (tertiary/aromatic N) is 1. The minimum Gasteiger partial charge on any atom is -0.493 e. The van der Waals surface area contributed by atoms with Crippen molar-refractivity contribution < 1.29 is 23.8 Å². The molecule has 0 saturated carbocycles. The van der Waals surface area contributed by atoms with Gasteiger partial charge in [0.25, 0.3) is 11.8 Å². The van der Waals surface area contributed by atoms with E-state index < -0.39 is 17.9 Å². The second-order valence-electron chi connectivity index (χ2n) is 7.01. The third-order valence-corrected chi connectivity index (χ3v) is 4.84. The van der Waals surface area contributed by atoms with E-state index in [-0.39, 0.29) is 13.2 Å². The normalized spacial score (nSPS) is 14.8. The van der Waals surface area contributed by atoms with Gasteiger partial charge >= 0.3 is 0 Å². The van der Waals surface area contributed by atoms with Gasteiger partial charge in [0.15, 0.2) is 11.5 Å². The molecule has 8 heteroatoms. The third kappa shape index (κ3) is 4.80. The van der Waals surface area contributed by atoms with Crippen LogP contribution in [0.1, 0.15) is 12.5 Å². The number of hydrogen-bond donors (Lipinski definition) is 2. The average molecular weight is 433 g/mol. The van der Waals surface area contributed by atoms with Gasteiger partial charge in [-0.05, 0) is 35.9 Å². The molecule has 0 aromatic heterocycles. The molecule has 3 aromatic rings. The fourth-order valence-electron chi connectivity index (χ4n) is 3.33. The maximum Gasteiger partial charge on any atom is 0.265 e. The van der Waals surface area contributed by atoms with Crippen molar-refractivity contribution >= 4 is 28.8 Å². The highest BCUT2D eigenvalue weighted by Crippen LogP contribution is 2.31.